The molecule has 3 heterocycles. The van der Waals surface area contributed by atoms with Gasteiger partial charge in [0.05, 0.1) is 30.4 Å². The first-order chi connectivity index (χ1) is 20.0. The number of carbonyl (C=O) groups excluding carboxylic acids is 3. The van der Waals surface area contributed by atoms with Gasteiger partial charge in [0, 0.05) is 12.8 Å². The number of methoxy groups -OCH3 is 1. The van der Waals surface area contributed by atoms with Crippen LogP contribution in [0.25, 0.3) is 0 Å². The van der Waals surface area contributed by atoms with E-state index in [1.54, 1.807) is 6.08 Å². The van der Waals surface area contributed by atoms with Crippen LogP contribution in [-0.4, -0.2) is 99.8 Å². The minimum atomic E-state index is -1.78. The molecule has 1 aromatic rings. The summed E-state index contributed by atoms with van der Waals surface area (Å²) < 4.78 is 32.8. The van der Waals surface area contributed by atoms with Crippen molar-refractivity contribution in [3.05, 3.63) is 65.5 Å². The Morgan fingerprint density at radius 3 is 2.45 bits per heavy atom. The summed E-state index contributed by atoms with van der Waals surface area (Å²) in [6, 6.07) is 5.58. The summed E-state index contributed by atoms with van der Waals surface area (Å²) in [5.41, 5.74) is -1.34. The fraction of sp³-hybridized carbons (Fsp3) is 0.464. The molecule has 1 aromatic carbocycles. The van der Waals surface area contributed by atoms with Crippen molar-refractivity contribution in [2.75, 3.05) is 13.7 Å². The maximum atomic E-state index is 13.1. The molecule has 14 heteroatoms. The van der Waals surface area contributed by atoms with Gasteiger partial charge in [-0.1, -0.05) is 18.2 Å². The highest BCUT2D eigenvalue weighted by atomic mass is 16.8. The molecule has 0 saturated carbocycles. The van der Waals surface area contributed by atoms with Crippen molar-refractivity contribution in [1.29, 1.82) is 0 Å². The van der Waals surface area contributed by atoms with Gasteiger partial charge in [-0.25, -0.2) is 9.59 Å². The van der Waals surface area contributed by atoms with Crippen molar-refractivity contribution in [2.45, 2.75) is 55.6 Å². The Morgan fingerprint density at radius 2 is 1.79 bits per heavy atom. The van der Waals surface area contributed by atoms with E-state index >= 15 is 0 Å². The lowest BCUT2D eigenvalue weighted by atomic mass is 9.78. The van der Waals surface area contributed by atoms with Crippen LogP contribution in [0.2, 0.25) is 0 Å². The van der Waals surface area contributed by atoms with Crippen LogP contribution >= 0.6 is 0 Å². The monoisotopic (exact) mass is 590 g/mol. The van der Waals surface area contributed by atoms with E-state index in [9.17, 15) is 39.9 Å². The molecule has 0 radical (unpaired) electrons. The molecule has 0 amide bonds. The Hall–Kier alpha value is -3.79. The Kier molecular flexibility index (Phi) is 8.11. The molecule has 0 bridgehead atoms. The van der Waals surface area contributed by atoms with Crippen LogP contribution in [0.5, 0.6) is 5.75 Å². The molecule has 4 aliphatic rings. The van der Waals surface area contributed by atoms with E-state index in [0.29, 0.717) is 5.56 Å². The number of ether oxygens (including phenoxy) is 6. The van der Waals surface area contributed by atoms with Crippen molar-refractivity contribution in [3.63, 3.8) is 0 Å². The smallest absolute Gasteiger partial charge is 0.338 e. The van der Waals surface area contributed by atoms with Gasteiger partial charge in [-0.2, -0.15) is 0 Å². The predicted molar refractivity (Wildman–Crippen MR) is 135 cm³/mol. The molecule has 5 N–H and O–H groups in total. The van der Waals surface area contributed by atoms with Crippen LogP contribution < -0.4 is 0 Å². The molecule has 0 aromatic heterocycles. The van der Waals surface area contributed by atoms with Crippen LogP contribution in [0.15, 0.2) is 59.9 Å². The predicted octanol–water partition coefficient (Wildman–Crippen LogP) is -0.750. The van der Waals surface area contributed by atoms with E-state index in [1.807, 2.05) is 0 Å². The van der Waals surface area contributed by atoms with Gasteiger partial charge in [-0.05, 0) is 29.8 Å². The first-order valence-corrected chi connectivity index (χ1v) is 13.0. The van der Waals surface area contributed by atoms with Gasteiger partial charge in [-0.3, -0.25) is 4.79 Å². The van der Waals surface area contributed by atoms with Crippen molar-refractivity contribution in [3.8, 4) is 5.75 Å². The molecule has 14 nitrogen and oxygen atoms in total. The maximum absolute atomic E-state index is 13.1. The Balaban J connectivity index is 1.46. The van der Waals surface area contributed by atoms with Gasteiger partial charge in [0.25, 0.3) is 0 Å². The highest BCUT2D eigenvalue weighted by molar-refractivity contribution is 5.94. The van der Waals surface area contributed by atoms with Gasteiger partial charge in [0.2, 0.25) is 6.29 Å². The third kappa shape index (κ3) is 5.28. The normalized spacial score (nSPS) is 35.9. The zero-order valence-corrected chi connectivity index (χ0v) is 22.4. The first kappa shape index (κ1) is 29.7. The summed E-state index contributed by atoms with van der Waals surface area (Å²) in [5, 5.41) is 51.9. The molecule has 1 saturated heterocycles. The van der Waals surface area contributed by atoms with Gasteiger partial charge in [-0.15, -0.1) is 0 Å². The second kappa shape index (κ2) is 11.5. The van der Waals surface area contributed by atoms with E-state index in [1.165, 1.54) is 43.5 Å². The summed E-state index contributed by atoms with van der Waals surface area (Å²) in [7, 11) is 1.18. The number of hydrogen-bond acceptors (Lipinski definition) is 14. The van der Waals surface area contributed by atoms with Crippen LogP contribution in [0.1, 0.15) is 18.6 Å². The van der Waals surface area contributed by atoms with E-state index in [4.69, 9.17) is 28.4 Å². The number of aromatic hydroxyl groups is 1. The summed E-state index contributed by atoms with van der Waals surface area (Å²) >= 11 is 0. The van der Waals surface area contributed by atoms with Crippen LogP contribution in [0.3, 0.4) is 0 Å². The lowest BCUT2D eigenvalue weighted by Crippen LogP contribution is -2.61. The number of fused-ring (bicyclic) bond motifs is 2. The van der Waals surface area contributed by atoms with Crippen LogP contribution in [0.4, 0.5) is 0 Å². The van der Waals surface area contributed by atoms with Crippen LogP contribution in [0, 0.1) is 11.8 Å². The summed E-state index contributed by atoms with van der Waals surface area (Å²) in [4.78, 5) is 36.9. The van der Waals surface area contributed by atoms with Crippen LogP contribution in [-0.2, 0) is 42.8 Å². The Labute approximate surface area is 239 Å². The van der Waals surface area contributed by atoms with Gasteiger partial charge < -0.3 is 54.0 Å². The largest absolute Gasteiger partial charge is 0.508 e. The summed E-state index contributed by atoms with van der Waals surface area (Å²) in [5.74, 6) is -4.09. The molecule has 226 valence electrons. The molecular formula is C28H30O14. The molecule has 10 atom stereocenters. The summed E-state index contributed by atoms with van der Waals surface area (Å²) in [6.45, 7) is 0.694. The van der Waals surface area contributed by atoms with Crippen molar-refractivity contribution >= 4 is 17.9 Å². The number of phenols is 1. The first-order valence-electron chi connectivity index (χ1n) is 13.0. The molecule has 5 rings (SSSR count). The lowest BCUT2D eigenvalue weighted by molar-refractivity contribution is -0.344. The van der Waals surface area contributed by atoms with Gasteiger partial charge in [0.1, 0.15) is 42.9 Å². The average Bonchev–Trinajstić information content (AvgIpc) is 3.51. The minimum Gasteiger partial charge on any atom is -0.508 e. The van der Waals surface area contributed by atoms with Crippen molar-refractivity contribution in [1.82, 2.24) is 0 Å². The molecular weight excluding hydrogens is 560 g/mol. The third-order valence-electron chi connectivity index (χ3n) is 7.65. The number of hydrogen-bond donors (Lipinski definition) is 5. The SMILES string of the molecule is COC(=O)C1=CO[C@H](O[C@@H]2O[C@H](COC(C)=O)[C@H](O)[C@H](O)[C@H]2O)[C@H]2[C@H]1C=C[C@@]21C=C([C@H](O)c2ccc(O)cc2)C(=O)O1. The zero-order chi connectivity index (χ0) is 30.3. The van der Waals surface area contributed by atoms with Gasteiger partial charge >= 0.3 is 17.9 Å². The van der Waals surface area contributed by atoms with Gasteiger partial charge in [0.15, 0.2) is 11.9 Å². The molecule has 3 aliphatic heterocycles. The van der Waals surface area contributed by atoms with E-state index < -0.39 is 85.1 Å². The van der Waals surface area contributed by atoms with Crippen molar-refractivity contribution < 1.29 is 68.3 Å². The molecule has 0 unspecified atom stereocenters. The standard InChI is InChI=1S/C28H30O14/c1-12(29)38-11-18-21(32)22(33)23(34)27(40-18)41-26-19-15(17(10-39-26)24(35)37-2)7-8-28(19)9-16(25(36)42-28)20(31)13-3-5-14(30)6-4-13/h3-10,15,18-23,26-27,30-34H,11H2,1-2H3/t15-,18+,19+,20+,21-,22-,23+,26+,27-,28+/m0/s1. The fourth-order valence-electron chi connectivity index (χ4n) is 5.49. The second-order valence-corrected chi connectivity index (χ2v) is 10.3. The molecule has 1 aliphatic carbocycles. The summed E-state index contributed by atoms with van der Waals surface area (Å²) in [6.07, 6.45) is -5.27. The minimum absolute atomic E-state index is 0.0340. The van der Waals surface area contributed by atoms with E-state index in [0.717, 1.165) is 13.2 Å². The maximum Gasteiger partial charge on any atom is 0.338 e. The molecule has 42 heavy (non-hydrogen) atoms. The number of carbonyl (C=O) groups is 3. The Morgan fingerprint density at radius 1 is 1.07 bits per heavy atom. The lowest BCUT2D eigenvalue weighted by Gasteiger charge is -2.44. The van der Waals surface area contributed by atoms with E-state index in [-0.39, 0.29) is 16.9 Å². The fourth-order valence-corrected chi connectivity index (χ4v) is 5.49. The third-order valence-corrected chi connectivity index (χ3v) is 7.65. The topological polar surface area (TPSA) is 208 Å². The number of aliphatic hydroxyl groups is 4. The highest BCUT2D eigenvalue weighted by Gasteiger charge is 2.60. The zero-order valence-electron chi connectivity index (χ0n) is 22.4. The number of rotatable bonds is 7. The molecule has 1 spiro atoms. The second-order valence-electron chi connectivity index (χ2n) is 10.3. The molecule has 1 fully saturated rings. The van der Waals surface area contributed by atoms with E-state index in [2.05, 4.69) is 0 Å². The quantitative estimate of drug-likeness (QED) is 0.150. The number of allylic oxidation sites excluding steroid dienone is 1. The number of benzene rings is 1. The Bertz CT molecular complexity index is 1320. The number of aliphatic hydroxyl groups excluding tert-OH is 4. The average molecular weight is 591 g/mol. The number of phenolic OH excluding ortho intramolecular Hbond substituents is 1. The number of esters is 3. The van der Waals surface area contributed by atoms with Crippen molar-refractivity contribution in [2.24, 2.45) is 11.8 Å². The highest BCUT2D eigenvalue weighted by Crippen LogP contribution is 2.51.